The van der Waals surface area contributed by atoms with E-state index in [0.717, 1.165) is 32.2 Å². The average molecular weight is 146 g/mol. The van der Waals surface area contributed by atoms with Gasteiger partial charge in [0.15, 0.2) is 0 Å². The zero-order valence-electron chi connectivity index (χ0n) is 5.60. The molecular weight excluding hydrogens is 132 g/mol. The zero-order valence-corrected chi connectivity index (χ0v) is 6.41. The molecule has 0 unspecified atom stereocenters. The first-order chi connectivity index (χ1) is 4.27. The highest BCUT2D eigenvalue weighted by Gasteiger charge is 1.88. The molecule has 0 aliphatic rings. The number of thiocarbonyl (C=S) groups is 1. The molecule has 0 rings (SSSR count). The van der Waals surface area contributed by atoms with Gasteiger partial charge in [0.05, 0.1) is 4.99 Å². The monoisotopic (exact) mass is 146 g/mol. The van der Waals surface area contributed by atoms with Crippen LogP contribution in [0.1, 0.15) is 25.7 Å². The molecule has 9 heavy (non-hydrogen) atoms. The molecule has 0 saturated heterocycles. The van der Waals surface area contributed by atoms with Crippen molar-refractivity contribution in [1.82, 2.24) is 0 Å². The van der Waals surface area contributed by atoms with Gasteiger partial charge < -0.3 is 11.5 Å². The number of hydrogen-bond acceptors (Lipinski definition) is 2. The molecule has 0 aromatic heterocycles. The van der Waals surface area contributed by atoms with Crippen molar-refractivity contribution in [3.05, 3.63) is 0 Å². The van der Waals surface area contributed by atoms with E-state index in [1.807, 2.05) is 0 Å². The van der Waals surface area contributed by atoms with Gasteiger partial charge in [0.25, 0.3) is 0 Å². The van der Waals surface area contributed by atoms with Crippen LogP contribution in [-0.4, -0.2) is 11.5 Å². The van der Waals surface area contributed by atoms with Crippen LogP contribution in [0.2, 0.25) is 0 Å². The van der Waals surface area contributed by atoms with E-state index >= 15 is 0 Å². The van der Waals surface area contributed by atoms with Gasteiger partial charge in [0, 0.05) is 0 Å². The smallest absolute Gasteiger partial charge is 0.0727 e. The molecule has 3 heteroatoms. The molecule has 0 spiro atoms. The van der Waals surface area contributed by atoms with Gasteiger partial charge in [-0.05, 0) is 25.8 Å². The maximum absolute atomic E-state index is 5.28. The third kappa shape index (κ3) is 7.85. The largest absolute Gasteiger partial charge is 0.393 e. The van der Waals surface area contributed by atoms with E-state index in [9.17, 15) is 0 Å². The lowest BCUT2D eigenvalue weighted by molar-refractivity contribution is 0.706. The molecule has 0 radical (unpaired) electrons. The molecule has 0 aromatic carbocycles. The Kier molecular flexibility index (Phi) is 5.88. The van der Waals surface area contributed by atoms with E-state index < -0.39 is 0 Å². The fraction of sp³-hybridized carbons (Fsp3) is 0.833. The van der Waals surface area contributed by atoms with E-state index in [1.54, 1.807) is 0 Å². The normalized spacial score (nSPS) is 9.44. The first kappa shape index (κ1) is 8.85. The summed E-state index contributed by atoms with van der Waals surface area (Å²) >= 11 is 4.69. The molecule has 0 aliphatic heterocycles. The summed E-state index contributed by atoms with van der Waals surface area (Å²) in [6, 6.07) is 0. The summed E-state index contributed by atoms with van der Waals surface area (Å²) in [6.45, 7) is 0.775. The average Bonchev–Trinajstić information content (AvgIpc) is 1.80. The molecule has 0 aromatic rings. The highest BCUT2D eigenvalue weighted by atomic mass is 32.1. The zero-order chi connectivity index (χ0) is 7.11. The summed E-state index contributed by atoms with van der Waals surface area (Å²) in [7, 11) is 0. The molecule has 0 amide bonds. The predicted molar refractivity (Wildman–Crippen MR) is 44.3 cm³/mol. The molecule has 0 fully saturated rings. The van der Waals surface area contributed by atoms with Gasteiger partial charge in [0.2, 0.25) is 0 Å². The lowest BCUT2D eigenvalue weighted by Gasteiger charge is -1.95. The van der Waals surface area contributed by atoms with Crippen LogP contribution < -0.4 is 11.5 Å². The predicted octanol–water partition coefficient (Wildman–Crippen LogP) is 0.792. The van der Waals surface area contributed by atoms with Crippen molar-refractivity contribution in [1.29, 1.82) is 0 Å². The number of rotatable bonds is 5. The van der Waals surface area contributed by atoms with Gasteiger partial charge in [-0.15, -0.1) is 0 Å². The lowest BCUT2D eigenvalue weighted by atomic mass is 10.2. The lowest BCUT2D eigenvalue weighted by Crippen LogP contribution is -2.07. The van der Waals surface area contributed by atoms with Gasteiger partial charge in [-0.1, -0.05) is 18.6 Å². The Hall–Kier alpha value is -0.150. The summed E-state index contributed by atoms with van der Waals surface area (Å²) in [6.07, 6.45) is 4.19. The van der Waals surface area contributed by atoms with Crippen LogP contribution in [0.25, 0.3) is 0 Å². The Balaban J connectivity index is 2.83. The summed E-state index contributed by atoms with van der Waals surface area (Å²) < 4.78 is 0. The third-order valence-corrected chi connectivity index (χ3v) is 1.33. The van der Waals surface area contributed by atoms with Crippen molar-refractivity contribution in [2.75, 3.05) is 6.54 Å². The van der Waals surface area contributed by atoms with Crippen LogP contribution >= 0.6 is 12.2 Å². The van der Waals surface area contributed by atoms with E-state index in [0.29, 0.717) is 4.99 Å². The van der Waals surface area contributed by atoms with E-state index in [1.165, 1.54) is 0 Å². The van der Waals surface area contributed by atoms with Crippen LogP contribution in [0, 0.1) is 0 Å². The molecule has 0 saturated carbocycles. The molecule has 0 aliphatic carbocycles. The molecule has 4 N–H and O–H groups in total. The van der Waals surface area contributed by atoms with Crippen LogP contribution in [0.5, 0.6) is 0 Å². The van der Waals surface area contributed by atoms with Crippen LogP contribution in [-0.2, 0) is 0 Å². The highest BCUT2D eigenvalue weighted by Crippen LogP contribution is 1.97. The van der Waals surface area contributed by atoms with Crippen LogP contribution in [0.4, 0.5) is 0 Å². The molecule has 2 nitrogen and oxygen atoms in total. The maximum Gasteiger partial charge on any atom is 0.0727 e. The minimum Gasteiger partial charge on any atom is -0.393 e. The Morgan fingerprint density at radius 2 is 1.89 bits per heavy atom. The second-order valence-corrected chi connectivity index (χ2v) is 2.59. The Labute approximate surface area is 61.6 Å². The summed E-state index contributed by atoms with van der Waals surface area (Å²) in [5.41, 5.74) is 10.6. The Morgan fingerprint density at radius 3 is 2.33 bits per heavy atom. The standard InChI is InChI=1S/C6H14N2S/c7-5-3-1-2-4-6(8)9/h1-5,7H2,(H2,8,9). The highest BCUT2D eigenvalue weighted by molar-refractivity contribution is 7.80. The van der Waals surface area contributed by atoms with Gasteiger partial charge in [-0.3, -0.25) is 0 Å². The topological polar surface area (TPSA) is 52.0 Å². The van der Waals surface area contributed by atoms with Crippen molar-refractivity contribution in [3.8, 4) is 0 Å². The maximum atomic E-state index is 5.28. The Bertz CT molecular complexity index is 83.1. The first-order valence-electron chi connectivity index (χ1n) is 3.25. The van der Waals surface area contributed by atoms with Crippen LogP contribution in [0.15, 0.2) is 0 Å². The Morgan fingerprint density at radius 1 is 1.22 bits per heavy atom. The minimum absolute atomic E-state index is 0.618. The fourth-order valence-electron chi connectivity index (χ4n) is 0.620. The second kappa shape index (κ2) is 5.98. The molecular formula is C6H14N2S. The number of hydrogen-bond donors (Lipinski definition) is 2. The number of unbranched alkanes of at least 4 members (excludes halogenated alkanes) is 2. The quantitative estimate of drug-likeness (QED) is 0.445. The fourth-order valence-corrected chi connectivity index (χ4v) is 0.765. The van der Waals surface area contributed by atoms with Crippen molar-refractivity contribution < 1.29 is 0 Å². The molecule has 54 valence electrons. The summed E-state index contributed by atoms with van der Waals surface area (Å²) in [5, 5.41) is 0. The van der Waals surface area contributed by atoms with Crippen molar-refractivity contribution >= 4 is 17.2 Å². The van der Waals surface area contributed by atoms with Crippen LogP contribution in [0.3, 0.4) is 0 Å². The van der Waals surface area contributed by atoms with Gasteiger partial charge in [0.1, 0.15) is 0 Å². The van der Waals surface area contributed by atoms with E-state index in [-0.39, 0.29) is 0 Å². The molecule has 0 atom stereocenters. The molecule has 0 heterocycles. The van der Waals surface area contributed by atoms with E-state index in [2.05, 4.69) is 0 Å². The van der Waals surface area contributed by atoms with Crippen molar-refractivity contribution in [3.63, 3.8) is 0 Å². The molecule has 0 bridgehead atoms. The van der Waals surface area contributed by atoms with Crippen molar-refractivity contribution in [2.24, 2.45) is 11.5 Å². The number of nitrogens with two attached hydrogens (primary N) is 2. The summed E-state index contributed by atoms with van der Waals surface area (Å²) in [5.74, 6) is 0. The van der Waals surface area contributed by atoms with Gasteiger partial charge >= 0.3 is 0 Å². The van der Waals surface area contributed by atoms with Crippen molar-refractivity contribution in [2.45, 2.75) is 25.7 Å². The van der Waals surface area contributed by atoms with Gasteiger partial charge in [-0.2, -0.15) is 0 Å². The van der Waals surface area contributed by atoms with E-state index in [4.69, 9.17) is 23.7 Å². The minimum atomic E-state index is 0.618. The second-order valence-electron chi connectivity index (χ2n) is 2.07. The SMILES string of the molecule is NCCCCCC(N)=S. The third-order valence-electron chi connectivity index (χ3n) is 1.13. The van der Waals surface area contributed by atoms with Gasteiger partial charge in [-0.25, -0.2) is 0 Å². The first-order valence-corrected chi connectivity index (χ1v) is 3.66. The summed E-state index contributed by atoms with van der Waals surface area (Å²) in [4.78, 5) is 0.618.